The lowest BCUT2D eigenvalue weighted by Crippen LogP contribution is -2.15. The zero-order chi connectivity index (χ0) is 21.3. The Bertz CT molecular complexity index is 1130. The summed E-state index contributed by atoms with van der Waals surface area (Å²) in [6, 6.07) is 10.6. The Morgan fingerprint density at radius 1 is 1.28 bits per heavy atom. The van der Waals surface area contributed by atoms with Gasteiger partial charge in [-0.25, -0.2) is 13.8 Å². The molecule has 1 heterocycles. The Kier molecular flexibility index (Phi) is 5.52. The van der Waals surface area contributed by atoms with Gasteiger partial charge in [-0.1, -0.05) is 25.1 Å². The monoisotopic (exact) mass is 395 g/mol. The number of rotatable bonds is 6. The van der Waals surface area contributed by atoms with Gasteiger partial charge in [-0.2, -0.15) is 5.26 Å². The highest BCUT2D eigenvalue weighted by Gasteiger charge is 2.22. The summed E-state index contributed by atoms with van der Waals surface area (Å²) in [5.41, 5.74) is 2.73. The number of benzene rings is 2. The molecule has 0 amide bonds. The molecule has 0 N–H and O–H groups in total. The van der Waals surface area contributed by atoms with Crippen molar-refractivity contribution < 1.29 is 13.6 Å². The summed E-state index contributed by atoms with van der Waals surface area (Å²) in [5.74, 6) is -2.09. The fourth-order valence-electron chi connectivity index (χ4n) is 3.60. The third kappa shape index (κ3) is 4.04. The van der Waals surface area contributed by atoms with Crippen LogP contribution in [0.25, 0.3) is 11.0 Å². The average Bonchev–Trinajstić information content (AvgIpc) is 3.07. The number of nitrogens with zero attached hydrogens (tertiary/aromatic N) is 3. The standard InChI is InChI=1S/C23H23F2N3O/c1-14-9-16(23(3,4)12-26)5-6-18(14)15(2)10-17(29)11-28-13-27-20-8-7-19(24)21(25)22(20)28/h5-9,13,15H,10-11H2,1-4H3. The van der Waals surface area contributed by atoms with Gasteiger partial charge in [0.2, 0.25) is 0 Å². The molecule has 0 bridgehead atoms. The lowest BCUT2D eigenvalue weighted by Gasteiger charge is -2.20. The van der Waals surface area contributed by atoms with E-state index in [1.807, 2.05) is 45.9 Å². The van der Waals surface area contributed by atoms with Crippen molar-refractivity contribution in [3.8, 4) is 6.07 Å². The van der Waals surface area contributed by atoms with Gasteiger partial charge in [-0.15, -0.1) is 0 Å². The molecule has 6 heteroatoms. The lowest BCUT2D eigenvalue weighted by atomic mass is 9.82. The molecule has 1 aromatic heterocycles. The van der Waals surface area contributed by atoms with Crippen LogP contribution < -0.4 is 0 Å². The van der Waals surface area contributed by atoms with Crippen molar-refractivity contribution in [2.45, 2.75) is 52.0 Å². The number of aryl methyl sites for hydroxylation is 1. The molecule has 29 heavy (non-hydrogen) atoms. The maximum absolute atomic E-state index is 14.1. The zero-order valence-corrected chi connectivity index (χ0v) is 17.0. The largest absolute Gasteiger partial charge is 0.321 e. The van der Waals surface area contributed by atoms with Crippen LogP contribution in [0.1, 0.15) is 49.8 Å². The first kappa shape index (κ1) is 20.7. The number of carbonyl (C=O) groups is 1. The number of hydrogen-bond acceptors (Lipinski definition) is 3. The lowest BCUT2D eigenvalue weighted by molar-refractivity contribution is -0.119. The predicted molar refractivity (Wildman–Crippen MR) is 108 cm³/mol. The van der Waals surface area contributed by atoms with Gasteiger partial charge in [0.1, 0.15) is 5.52 Å². The molecule has 0 saturated heterocycles. The molecule has 0 fully saturated rings. The van der Waals surface area contributed by atoms with Crippen molar-refractivity contribution in [1.82, 2.24) is 9.55 Å². The van der Waals surface area contributed by atoms with E-state index in [2.05, 4.69) is 11.1 Å². The number of aromatic nitrogens is 2. The maximum Gasteiger partial charge on any atom is 0.184 e. The van der Waals surface area contributed by atoms with Crippen molar-refractivity contribution in [2.75, 3.05) is 0 Å². The Morgan fingerprint density at radius 3 is 2.66 bits per heavy atom. The molecule has 3 aromatic rings. The smallest absolute Gasteiger partial charge is 0.184 e. The third-order valence-corrected chi connectivity index (χ3v) is 5.35. The van der Waals surface area contributed by atoms with E-state index in [1.165, 1.54) is 17.0 Å². The Balaban J connectivity index is 1.77. The third-order valence-electron chi connectivity index (χ3n) is 5.35. The highest BCUT2D eigenvalue weighted by atomic mass is 19.2. The van der Waals surface area contributed by atoms with E-state index in [4.69, 9.17) is 0 Å². The van der Waals surface area contributed by atoms with Crippen LogP contribution in [0, 0.1) is 29.9 Å². The molecule has 3 rings (SSSR count). The van der Waals surface area contributed by atoms with Gasteiger partial charge in [0.25, 0.3) is 0 Å². The van der Waals surface area contributed by atoms with Gasteiger partial charge in [-0.3, -0.25) is 4.79 Å². The van der Waals surface area contributed by atoms with Crippen LogP contribution in [0.4, 0.5) is 8.78 Å². The number of hydrogen-bond donors (Lipinski definition) is 0. The summed E-state index contributed by atoms with van der Waals surface area (Å²) in [5, 5.41) is 9.32. The minimum Gasteiger partial charge on any atom is -0.321 e. The summed E-state index contributed by atoms with van der Waals surface area (Å²) in [6.07, 6.45) is 1.62. The molecule has 0 spiro atoms. The Hall–Kier alpha value is -3.07. The summed E-state index contributed by atoms with van der Waals surface area (Å²) >= 11 is 0. The van der Waals surface area contributed by atoms with Crippen LogP contribution in [0.5, 0.6) is 0 Å². The van der Waals surface area contributed by atoms with Crippen LogP contribution in [0.15, 0.2) is 36.7 Å². The van der Waals surface area contributed by atoms with Gasteiger partial charge >= 0.3 is 0 Å². The van der Waals surface area contributed by atoms with E-state index in [0.717, 1.165) is 22.8 Å². The Labute approximate surface area is 168 Å². The average molecular weight is 395 g/mol. The van der Waals surface area contributed by atoms with Crippen LogP contribution >= 0.6 is 0 Å². The highest BCUT2D eigenvalue weighted by Crippen LogP contribution is 2.29. The molecule has 0 aliphatic heterocycles. The second-order valence-electron chi connectivity index (χ2n) is 8.05. The molecule has 0 aliphatic rings. The fourth-order valence-corrected chi connectivity index (χ4v) is 3.60. The zero-order valence-electron chi connectivity index (χ0n) is 17.0. The second-order valence-corrected chi connectivity index (χ2v) is 8.05. The molecule has 0 saturated carbocycles. The van der Waals surface area contributed by atoms with Crippen molar-refractivity contribution in [3.05, 3.63) is 65.0 Å². The number of halogens is 2. The summed E-state index contributed by atoms with van der Waals surface area (Å²) < 4.78 is 29.0. The molecule has 0 aliphatic carbocycles. The first-order valence-corrected chi connectivity index (χ1v) is 9.47. The summed E-state index contributed by atoms with van der Waals surface area (Å²) in [6.45, 7) is 7.59. The molecular formula is C23H23F2N3O. The molecule has 4 nitrogen and oxygen atoms in total. The SMILES string of the molecule is Cc1cc(C(C)(C)C#N)ccc1C(C)CC(=O)Cn1cnc2ccc(F)c(F)c21. The number of nitriles is 1. The topological polar surface area (TPSA) is 58.7 Å². The number of carbonyl (C=O) groups excluding carboxylic acids is 1. The fraction of sp³-hybridized carbons (Fsp3) is 0.348. The van der Waals surface area contributed by atoms with Gasteiger partial charge in [0.05, 0.1) is 29.9 Å². The van der Waals surface area contributed by atoms with Crippen LogP contribution in [-0.2, 0) is 16.8 Å². The van der Waals surface area contributed by atoms with Crippen LogP contribution in [0.3, 0.4) is 0 Å². The highest BCUT2D eigenvalue weighted by molar-refractivity contribution is 5.82. The van der Waals surface area contributed by atoms with E-state index in [1.54, 1.807) is 0 Å². The van der Waals surface area contributed by atoms with Gasteiger partial charge in [-0.05, 0) is 55.5 Å². The Morgan fingerprint density at radius 2 is 2.00 bits per heavy atom. The number of imidazole rings is 1. The normalized spacial score (nSPS) is 12.7. The predicted octanol–water partition coefficient (Wildman–Crippen LogP) is 5.19. The number of ketones is 1. The second kappa shape index (κ2) is 7.75. The first-order valence-electron chi connectivity index (χ1n) is 9.47. The van der Waals surface area contributed by atoms with Crippen molar-refractivity contribution in [1.29, 1.82) is 5.26 Å². The minimum absolute atomic E-state index is 0.00488. The maximum atomic E-state index is 14.1. The molecule has 0 radical (unpaired) electrons. The van der Waals surface area contributed by atoms with E-state index in [9.17, 15) is 18.8 Å². The van der Waals surface area contributed by atoms with Crippen LogP contribution in [-0.4, -0.2) is 15.3 Å². The first-order chi connectivity index (χ1) is 13.6. The van der Waals surface area contributed by atoms with Crippen LogP contribution in [0.2, 0.25) is 0 Å². The summed E-state index contributed by atoms with van der Waals surface area (Å²) in [7, 11) is 0. The quantitative estimate of drug-likeness (QED) is 0.577. The number of Topliss-reactive ketones (excluding diaryl/α,β-unsaturated/α-hetero) is 1. The van der Waals surface area contributed by atoms with E-state index < -0.39 is 17.0 Å². The summed E-state index contributed by atoms with van der Waals surface area (Å²) in [4.78, 5) is 16.7. The number of fused-ring (bicyclic) bond motifs is 1. The van der Waals surface area contributed by atoms with Crippen molar-refractivity contribution in [3.63, 3.8) is 0 Å². The van der Waals surface area contributed by atoms with Crippen molar-refractivity contribution >= 4 is 16.8 Å². The van der Waals surface area contributed by atoms with Gasteiger partial charge in [0, 0.05) is 6.42 Å². The molecule has 150 valence electrons. The van der Waals surface area contributed by atoms with Crippen molar-refractivity contribution in [2.24, 2.45) is 0 Å². The van der Waals surface area contributed by atoms with Gasteiger partial charge in [0.15, 0.2) is 17.4 Å². The van der Waals surface area contributed by atoms with E-state index in [0.29, 0.717) is 5.52 Å². The molecule has 2 aromatic carbocycles. The van der Waals surface area contributed by atoms with E-state index >= 15 is 0 Å². The molecular weight excluding hydrogens is 372 g/mol. The molecule has 1 unspecified atom stereocenters. The van der Waals surface area contributed by atoms with Gasteiger partial charge < -0.3 is 4.57 Å². The minimum atomic E-state index is -0.993. The van der Waals surface area contributed by atoms with E-state index in [-0.39, 0.29) is 30.2 Å². The molecule has 1 atom stereocenters.